The number of likely N-dealkylation sites (N-methyl/N-ethyl adjacent to an activating group) is 1. The maximum absolute atomic E-state index is 13.9. The average molecular weight is 522 g/mol. The van der Waals surface area contributed by atoms with Crippen LogP contribution in [0.3, 0.4) is 0 Å². The number of pyridine rings is 1. The zero-order chi connectivity index (χ0) is 25.9. The number of piperidine rings is 1. The Morgan fingerprint density at radius 3 is 2.89 bits per heavy atom. The molecule has 0 saturated carbocycles. The summed E-state index contributed by atoms with van der Waals surface area (Å²) in [5.41, 5.74) is 4.02. The average Bonchev–Trinajstić information content (AvgIpc) is 3.30. The van der Waals surface area contributed by atoms with Gasteiger partial charge >= 0.3 is 0 Å². The highest BCUT2D eigenvalue weighted by atomic mass is 35.5. The number of rotatable bonds is 7. The van der Waals surface area contributed by atoms with Gasteiger partial charge in [-0.05, 0) is 74.9 Å². The molecule has 1 unspecified atom stereocenters. The molecular formula is C27H29ClFN7O. The quantitative estimate of drug-likeness (QED) is 0.371. The van der Waals surface area contributed by atoms with Gasteiger partial charge in [-0.25, -0.2) is 14.1 Å². The highest BCUT2D eigenvalue weighted by Gasteiger charge is 2.22. The Labute approximate surface area is 219 Å². The van der Waals surface area contributed by atoms with Crippen LogP contribution in [0.4, 0.5) is 10.2 Å². The minimum atomic E-state index is -0.273. The number of hydrogen-bond acceptors (Lipinski definition) is 6. The summed E-state index contributed by atoms with van der Waals surface area (Å²) in [6.07, 6.45) is 3.39. The number of anilines is 1. The van der Waals surface area contributed by atoms with Crippen LogP contribution < -0.4 is 10.6 Å². The third-order valence-corrected chi connectivity index (χ3v) is 7.10. The van der Waals surface area contributed by atoms with E-state index in [2.05, 4.69) is 25.9 Å². The standard InChI is InChI=1S/C27H29ClFN7O/c1-35(2)25(18-5-3-7-20(29)11-18)16-36-24-12-17(8-9-23(24)33-34-36)21-13-26(31-15-22(21)28)32-27(37)19-6-4-10-30-14-19/h3,5,7-9,11-13,15,19,25,30H,4,6,10,14,16H2,1-2H3,(H,31,32,37)/t19-,25?/m1/s1. The van der Waals surface area contributed by atoms with Crippen molar-refractivity contribution >= 4 is 34.4 Å². The van der Waals surface area contributed by atoms with Gasteiger partial charge in [0.15, 0.2) is 0 Å². The molecule has 37 heavy (non-hydrogen) atoms. The molecule has 10 heteroatoms. The van der Waals surface area contributed by atoms with E-state index in [1.54, 1.807) is 24.4 Å². The molecule has 1 saturated heterocycles. The third-order valence-electron chi connectivity index (χ3n) is 6.80. The monoisotopic (exact) mass is 521 g/mol. The summed E-state index contributed by atoms with van der Waals surface area (Å²) in [5, 5.41) is 15.4. The summed E-state index contributed by atoms with van der Waals surface area (Å²) in [7, 11) is 3.91. The van der Waals surface area contributed by atoms with E-state index in [1.165, 1.54) is 6.07 Å². The molecule has 5 rings (SSSR count). The fourth-order valence-electron chi connectivity index (χ4n) is 4.74. The number of aromatic nitrogens is 4. The molecule has 2 aromatic carbocycles. The number of carbonyl (C=O) groups excluding carboxylic acids is 1. The summed E-state index contributed by atoms with van der Waals surface area (Å²) in [5.74, 6) is 0.0671. The number of benzene rings is 2. The zero-order valence-electron chi connectivity index (χ0n) is 20.8. The van der Waals surface area contributed by atoms with Gasteiger partial charge in [-0.3, -0.25) is 4.79 Å². The highest BCUT2D eigenvalue weighted by Crippen LogP contribution is 2.32. The van der Waals surface area contributed by atoms with Gasteiger partial charge in [0.2, 0.25) is 5.91 Å². The van der Waals surface area contributed by atoms with Gasteiger partial charge in [-0.1, -0.05) is 35.0 Å². The fraction of sp³-hybridized carbons (Fsp3) is 0.333. The molecule has 192 valence electrons. The highest BCUT2D eigenvalue weighted by molar-refractivity contribution is 6.33. The fourth-order valence-corrected chi connectivity index (χ4v) is 4.96. The van der Waals surface area contributed by atoms with E-state index >= 15 is 0 Å². The van der Waals surface area contributed by atoms with Crippen LogP contribution in [-0.4, -0.2) is 58.0 Å². The van der Waals surface area contributed by atoms with Crippen molar-refractivity contribution < 1.29 is 9.18 Å². The first-order chi connectivity index (χ1) is 17.9. The van der Waals surface area contributed by atoms with Crippen molar-refractivity contribution in [3.63, 3.8) is 0 Å². The summed E-state index contributed by atoms with van der Waals surface area (Å²) < 4.78 is 15.7. The molecule has 1 fully saturated rings. The van der Waals surface area contributed by atoms with Gasteiger partial charge in [0, 0.05) is 18.3 Å². The predicted octanol–water partition coefficient (Wildman–Crippen LogP) is 4.53. The second kappa shape index (κ2) is 10.9. The first-order valence-corrected chi connectivity index (χ1v) is 12.7. The summed E-state index contributed by atoms with van der Waals surface area (Å²) >= 11 is 6.54. The van der Waals surface area contributed by atoms with E-state index in [9.17, 15) is 9.18 Å². The third kappa shape index (κ3) is 5.64. The van der Waals surface area contributed by atoms with Gasteiger partial charge in [0.25, 0.3) is 0 Å². The van der Waals surface area contributed by atoms with Gasteiger partial charge in [0.05, 0.1) is 29.0 Å². The minimum absolute atomic E-state index is 0.0437. The van der Waals surface area contributed by atoms with E-state index < -0.39 is 0 Å². The maximum atomic E-state index is 13.9. The van der Waals surface area contributed by atoms with Gasteiger partial charge in [-0.2, -0.15) is 0 Å². The molecule has 3 heterocycles. The second-order valence-corrected chi connectivity index (χ2v) is 10.00. The van der Waals surface area contributed by atoms with Crippen molar-refractivity contribution in [2.24, 2.45) is 5.92 Å². The number of fused-ring (bicyclic) bond motifs is 1. The van der Waals surface area contributed by atoms with Crippen molar-refractivity contribution in [2.75, 3.05) is 32.5 Å². The lowest BCUT2D eigenvalue weighted by Crippen LogP contribution is -2.37. The molecule has 0 bridgehead atoms. The molecule has 0 spiro atoms. The van der Waals surface area contributed by atoms with Crippen LogP contribution in [0.1, 0.15) is 24.4 Å². The van der Waals surface area contributed by atoms with E-state index in [1.807, 2.05) is 47.9 Å². The largest absolute Gasteiger partial charge is 0.316 e. The predicted molar refractivity (Wildman–Crippen MR) is 143 cm³/mol. The first kappa shape index (κ1) is 25.3. The molecule has 8 nitrogen and oxygen atoms in total. The Morgan fingerprint density at radius 2 is 2.14 bits per heavy atom. The van der Waals surface area contributed by atoms with E-state index in [-0.39, 0.29) is 23.7 Å². The van der Waals surface area contributed by atoms with Gasteiger partial charge in [0.1, 0.15) is 17.2 Å². The smallest absolute Gasteiger partial charge is 0.229 e. The molecule has 0 aliphatic carbocycles. The van der Waals surface area contributed by atoms with E-state index in [0.29, 0.717) is 23.9 Å². The summed E-state index contributed by atoms with van der Waals surface area (Å²) in [4.78, 5) is 19.1. The zero-order valence-corrected chi connectivity index (χ0v) is 21.5. The number of nitrogens with zero attached hydrogens (tertiary/aromatic N) is 5. The normalized spacial score (nSPS) is 16.7. The Hall–Kier alpha value is -3.40. The topological polar surface area (TPSA) is 88.0 Å². The van der Waals surface area contributed by atoms with Crippen molar-refractivity contribution in [1.29, 1.82) is 0 Å². The van der Waals surface area contributed by atoms with Crippen LogP contribution in [0.15, 0.2) is 54.7 Å². The molecule has 0 radical (unpaired) electrons. The molecular weight excluding hydrogens is 493 g/mol. The van der Waals surface area contributed by atoms with Crippen LogP contribution >= 0.6 is 11.6 Å². The van der Waals surface area contributed by atoms with Crippen molar-refractivity contribution in [2.45, 2.75) is 25.4 Å². The van der Waals surface area contributed by atoms with Crippen LogP contribution in [0.5, 0.6) is 0 Å². The van der Waals surface area contributed by atoms with Crippen molar-refractivity contribution in [3.05, 3.63) is 71.1 Å². The number of nitrogens with one attached hydrogen (secondary N) is 2. The van der Waals surface area contributed by atoms with Crippen LogP contribution in [0.25, 0.3) is 22.2 Å². The number of halogens is 2. The lowest BCUT2D eigenvalue weighted by atomic mass is 9.99. The number of hydrogen-bond donors (Lipinski definition) is 2. The molecule has 2 atom stereocenters. The van der Waals surface area contributed by atoms with Crippen molar-refractivity contribution in [3.8, 4) is 11.1 Å². The summed E-state index contributed by atoms with van der Waals surface area (Å²) in [6.45, 7) is 2.10. The Balaban J connectivity index is 1.43. The first-order valence-electron chi connectivity index (χ1n) is 12.3. The molecule has 2 N–H and O–H groups in total. The second-order valence-electron chi connectivity index (χ2n) is 9.59. The van der Waals surface area contributed by atoms with Crippen LogP contribution in [0.2, 0.25) is 5.02 Å². The molecule has 1 amide bonds. The minimum Gasteiger partial charge on any atom is -0.316 e. The van der Waals surface area contributed by atoms with Gasteiger partial charge in [-0.15, -0.1) is 5.10 Å². The molecule has 2 aromatic heterocycles. The van der Waals surface area contributed by atoms with E-state index in [4.69, 9.17) is 11.6 Å². The maximum Gasteiger partial charge on any atom is 0.229 e. The molecule has 1 aliphatic heterocycles. The Morgan fingerprint density at radius 1 is 1.27 bits per heavy atom. The Kier molecular flexibility index (Phi) is 7.45. The lowest BCUT2D eigenvalue weighted by molar-refractivity contribution is -0.120. The number of carbonyl (C=O) groups is 1. The Bertz CT molecular complexity index is 1420. The summed E-state index contributed by atoms with van der Waals surface area (Å²) in [6, 6.07) is 14.1. The van der Waals surface area contributed by atoms with Gasteiger partial charge < -0.3 is 15.5 Å². The van der Waals surface area contributed by atoms with Crippen LogP contribution in [0, 0.1) is 11.7 Å². The number of amides is 1. The SMILES string of the molecule is CN(C)C(Cn1nnc2ccc(-c3cc(NC(=O)[C@@H]4CCCNC4)ncc3Cl)cc21)c1cccc(F)c1. The van der Waals surface area contributed by atoms with Crippen LogP contribution in [-0.2, 0) is 11.3 Å². The lowest BCUT2D eigenvalue weighted by Gasteiger charge is -2.25. The van der Waals surface area contributed by atoms with Crippen molar-refractivity contribution in [1.82, 2.24) is 30.2 Å². The molecule has 1 aliphatic rings. The van der Waals surface area contributed by atoms with E-state index in [0.717, 1.165) is 47.1 Å². The molecule has 4 aromatic rings.